The van der Waals surface area contributed by atoms with Crippen LogP contribution in [0.1, 0.15) is 16.2 Å². The fraction of sp³-hybridized carbons (Fsp3) is 0.167. The van der Waals surface area contributed by atoms with Crippen LogP contribution in [0.2, 0.25) is 0 Å². The number of amidine groups is 1. The van der Waals surface area contributed by atoms with Gasteiger partial charge in [0, 0.05) is 0 Å². The number of hydrogen-bond donors (Lipinski definition) is 2. The number of nitrogens with two attached hydrogens (primary N) is 1. The molecule has 0 spiro atoms. The Morgan fingerprint density at radius 3 is 2.45 bits per heavy atom. The molecule has 0 atom stereocenters. The van der Waals surface area contributed by atoms with Gasteiger partial charge in [-0.1, -0.05) is 0 Å². The molecule has 1 aromatic heterocycles. The lowest BCUT2D eigenvalue weighted by Crippen LogP contribution is -2.08. The number of thiophene rings is 1. The smallest absolute Gasteiger partial charge is 0.272 e. The minimum absolute atomic E-state index is 0.0461. The van der Waals surface area contributed by atoms with E-state index in [1.807, 2.05) is 0 Å². The molecule has 3 N–H and O–H groups in total. The molecule has 0 radical (unpaired) electrons. The first-order chi connectivity index (χ1) is 5.11. The molecule has 0 saturated carbocycles. The van der Waals surface area contributed by atoms with E-state index in [1.165, 1.54) is 12.1 Å². The number of halogens is 2. The van der Waals surface area contributed by atoms with E-state index < -0.39 is 6.43 Å². The van der Waals surface area contributed by atoms with E-state index in [0.717, 1.165) is 11.3 Å². The highest BCUT2D eigenvalue weighted by molar-refractivity contribution is 7.14. The van der Waals surface area contributed by atoms with Crippen LogP contribution >= 0.6 is 11.3 Å². The lowest BCUT2D eigenvalue weighted by Gasteiger charge is -1.90. The Hall–Kier alpha value is -0.970. The minimum Gasteiger partial charge on any atom is -0.383 e. The van der Waals surface area contributed by atoms with Crippen molar-refractivity contribution in [2.24, 2.45) is 5.73 Å². The van der Waals surface area contributed by atoms with Gasteiger partial charge in [-0.05, 0) is 12.1 Å². The van der Waals surface area contributed by atoms with E-state index >= 15 is 0 Å². The first-order valence-corrected chi connectivity index (χ1v) is 3.65. The van der Waals surface area contributed by atoms with Gasteiger partial charge in [0.05, 0.1) is 9.75 Å². The summed E-state index contributed by atoms with van der Waals surface area (Å²) < 4.78 is 23.9. The second-order valence-electron chi connectivity index (χ2n) is 1.92. The third-order valence-corrected chi connectivity index (χ3v) is 2.23. The van der Waals surface area contributed by atoms with Crippen molar-refractivity contribution in [3.63, 3.8) is 0 Å². The molecule has 0 fully saturated rings. The van der Waals surface area contributed by atoms with Crippen LogP contribution in [0.15, 0.2) is 12.1 Å². The molecule has 0 aliphatic heterocycles. The van der Waals surface area contributed by atoms with E-state index in [1.54, 1.807) is 0 Å². The SMILES string of the molecule is N=C(N)c1ccc(C(F)F)s1. The Morgan fingerprint density at radius 2 is 2.18 bits per heavy atom. The zero-order valence-corrected chi connectivity index (χ0v) is 6.29. The molecule has 0 aromatic carbocycles. The normalized spacial score (nSPS) is 10.5. The van der Waals surface area contributed by atoms with E-state index in [-0.39, 0.29) is 10.7 Å². The second-order valence-corrected chi connectivity index (χ2v) is 3.03. The van der Waals surface area contributed by atoms with Gasteiger partial charge >= 0.3 is 0 Å². The number of nitrogen functional groups attached to an aromatic ring is 1. The van der Waals surface area contributed by atoms with Crippen LogP contribution in [-0.4, -0.2) is 5.84 Å². The van der Waals surface area contributed by atoms with Gasteiger partial charge in [0.25, 0.3) is 6.43 Å². The summed E-state index contributed by atoms with van der Waals surface area (Å²) in [5.74, 6) is -0.165. The van der Waals surface area contributed by atoms with Crippen LogP contribution in [0.25, 0.3) is 0 Å². The summed E-state index contributed by atoms with van der Waals surface area (Å²) >= 11 is 0.850. The van der Waals surface area contributed by atoms with Gasteiger partial charge in [-0.2, -0.15) is 0 Å². The molecular weight excluding hydrogens is 170 g/mol. The molecule has 0 aliphatic rings. The fourth-order valence-electron chi connectivity index (χ4n) is 0.615. The summed E-state index contributed by atoms with van der Waals surface area (Å²) in [4.78, 5) is 0.343. The Balaban J connectivity index is 2.90. The summed E-state index contributed by atoms with van der Waals surface area (Å²) in [7, 11) is 0. The zero-order chi connectivity index (χ0) is 8.43. The van der Waals surface area contributed by atoms with Crippen LogP contribution in [0.3, 0.4) is 0 Å². The second kappa shape index (κ2) is 2.96. The van der Waals surface area contributed by atoms with Crippen molar-refractivity contribution in [3.8, 4) is 0 Å². The zero-order valence-electron chi connectivity index (χ0n) is 5.47. The molecule has 0 saturated heterocycles. The third kappa shape index (κ3) is 1.74. The Kier molecular flexibility index (Phi) is 2.19. The van der Waals surface area contributed by atoms with E-state index in [2.05, 4.69) is 0 Å². The fourth-order valence-corrected chi connectivity index (χ4v) is 1.34. The topological polar surface area (TPSA) is 49.9 Å². The Labute approximate surface area is 66.2 Å². The van der Waals surface area contributed by atoms with E-state index in [4.69, 9.17) is 11.1 Å². The highest BCUT2D eigenvalue weighted by Crippen LogP contribution is 2.26. The molecule has 5 heteroatoms. The predicted molar refractivity (Wildman–Crippen MR) is 40.3 cm³/mol. The Morgan fingerprint density at radius 1 is 1.55 bits per heavy atom. The lowest BCUT2D eigenvalue weighted by molar-refractivity contribution is 0.155. The van der Waals surface area contributed by atoms with Crippen molar-refractivity contribution in [1.82, 2.24) is 0 Å². The maximum atomic E-state index is 11.9. The standard InChI is InChI=1S/C6H6F2N2S/c7-5(8)3-1-2-4(11-3)6(9)10/h1-2,5H,(H3,9,10). The van der Waals surface area contributed by atoms with Gasteiger partial charge in [-0.25, -0.2) is 8.78 Å². The number of alkyl halides is 2. The summed E-state index contributed by atoms with van der Waals surface area (Å²) in [6.07, 6.45) is -2.46. The molecular formula is C6H6F2N2S. The quantitative estimate of drug-likeness (QED) is 0.525. The molecule has 0 amide bonds. The molecule has 11 heavy (non-hydrogen) atoms. The first kappa shape index (κ1) is 8.13. The molecule has 1 rings (SSSR count). The van der Waals surface area contributed by atoms with Gasteiger partial charge in [0.1, 0.15) is 5.84 Å². The van der Waals surface area contributed by atoms with Gasteiger partial charge in [-0.3, -0.25) is 5.41 Å². The summed E-state index contributed by atoms with van der Waals surface area (Å²) in [6, 6.07) is 2.71. The average molecular weight is 176 g/mol. The van der Waals surface area contributed by atoms with Crippen molar-refractivity contribution in [2.45, 2.75) is 6.43 Å². The largest absolute Gasteiger partial charge is 0.383 e. The minimum atomic E-state index is -2.46. The van der Waals surface area contributed by atoms with Crippen LogP contribution in [0.4, 0.5) is 8.78 Å². The highest BCUT2D eigenvalue weighted by atomic mass is 32.1. The van der Waals surface area contributed by atoms with Crippen molar-refractivity contribution in [2.75, 3.05) is 0 Å². The maximum absolute atomic E-state index is 11.9. The van der Waals surface area contributed by atoms with Gasteiger partial charge in [-0.15, -0.1) is 11.3 Å². The monoisotopic (exact) mass is 176 g/mol. The lowest BCUT2D eigenvalue weighted by atomic mass is 10.4. The van der Waals surface area contributed by atoms with Crippen LogP contribution in [0.5, 0.6) is 0 Å². The van der Waals surface area contributed by atoms with Crippen molar-refractivity contribution in [3.05, 3.63) is 21.9 Å². The Bertz CT molecular complexity index is 269. The summed E-state index contributed by atoms with van der Waals surface area (Å²) in [6.45, 7) is 0. The van der Waals surface area contributed by atoms with E-state index in [9.17, 15) is 8.78 Å². The highest BCUT2D eigenvalue weighted by Gasteiger charge is 2.10. The third-order valence-electron chi connectivity index (χ3n) is 1.11. The molecule has 0 unspecified atom stereocenters. The molecule has 2 nitrogen and oxygen atoms in total. The van der Waals surface area contributed by atoms with Gasteiger partial charge < -0.3 is 5.73 Å². The van der Waals surface area contributed by atoms with Crippen LogP contribution < -0.4 is 5.73 Å². The van der Waals surface area contributed by atoms with Crippen LogP contribution in [0, 0.1) is 5.41 Å². The average Bonchev–Trinajstić information content (AvgIpc) is 2.33. The van der Waals surface area contributed by atoms with Crippen LogP contribution in [-0.2, 0) is 0 Å². The van der Waals surface area contributed by atoms with Gasteiger partial charge in [0.2, 0.25) is 0 Å². The predicted octanol–water partition coefficient (Wildman–Crippen LogP) is 1.97. The molecule has 1 heterocycles. The van der Waals surface area contributed by atoms with Gasteiger partial charge in [0.15, 0.2) is 0 Å². The number of rotatable bonds is 2. The molecule has 60 valence electrons. The molecule has 1 aromatic rings. The number of hydrogen-bond acceptors (Lipinski definition) is 2. The summed E-state index contributed by atoms with van der Waals surface area (Å²) in [5.41, 5.74) is 5.08. The van der Waals surface area contributed by atoms with Crippen molar-refractivity contribution < 1.29 is 8.78 Å². The maximum Gasteiger partial charge on any atom is 0.272 e. The van der Waals surface area contributed by atoms with Crippen molar-refractivity contribution in [1.29, 1.82) is 5.41 Å². The molecule has 0 bridgehead atoms. The number of nitrogens with one attached hydrogen (secondary N) is 1. The first-order valence-electron chi connectivity index (χ1n) is 2.83. The molecule has 0 aliphatic carbocycles. The van der Waals surface area contributed by atoms with Crippen molar-refractivity contribution >= 4 is 17.2 Å². The van der Waals surface area contributed by atoms with E-state index in [0.29, 0.717) is 4.88 Å². The summed E-state index contributed by atoms with van der Waals surface area (Å²) in [5, 5.41) is 6.93.